The highest BCUT2D eigenvalue weighted by Crippen LogP contribution is 2.22. The summed E-state index contributed by atoms with van der Waals surface area (Å²) < 4.78 is 0. The summed E-state index contributed by atoms with van der Waals surface area (Å²) in [6.45, 7) is 6.52. The number of carbonyl (C=O) groups is 2. The van der Waals surface area contributed by atoms with E-state index in [4.69, 9.17) is 11.6 Å². The van der Waals surface area contributed by atoms with Crippen molar-refractivity contribution >= 4 is 29.1 Å². The maximum Gasteiger partial charge on any atom is 0.226 e. The summed E-state index contributed by atoms with van der Waals surface area (Å²) in [5, 5.41) is 3.71. The molecule has 0 fully saturated rings. The molecule has 0 aliphatic carbocycles. The molecule has 2 amide bonds. The van der Waals surface area contributed by atoms with Crippen molar-refractivity contribution in [1.82, 2.24) is 4.90 Å². The van der Waals surface area contributed by atoms with Crippen molar-refractivity contribution in [2.24, 2.45) is 0 Å². The number of para-hydroxylation sites is 1. The highest BCUT2D eigenvalue weighted by Gasteiger charge is 2.14. The zero-order valence-corrected chi connectivity index (χ0v) is 17.0. The molecule has 5 heteroatoms. The Labute approximate surface area is 166 Å². The monoisotopic (exact) mass is 386 g/mol. The van der Waals surface area contributed by atoms with E-state index in [1.807, 2.05) is 30.3 Å². The molecule has 0 unspecified atom stereocenters. The lowest BCUT2D eigenvalue weighted by Gasteiger charge is -2.21. The Balaban J connectivity index is 2.00. The Morgan fingerprint density at radius 1 is 1.00 bits per heavy atom. The van der Waals surface area contributed by atoms with Crippen LogP contribution in [0.25, 0.3) is 0 Å². The number of benzene rings is 2. The van der Waals surface area contributed by atoms with Gasteiger partial charge in [-0.3, -0.25) is 9.59 Å². The molecule has 0 saturated carbocycles. The predicted molar refractivity (Wildman–Crippen MR) is 111 cm³/mol. The minimum atomic E-state index is -0.0760. The van der Waals surface area contributed by atoms with Crippen LogP contribution in [0.3, 0.4) is 0 Å². The number of nitrogens with one attached hydrogen (secondary N) is 1. The SMILES string of the molecule is CCc1cccc(CC)c1NC(=O)CCN(Cc1ccc(Cl)cc1)C(C)=O. The number of halogens is 1. The Bertz CT molecular complexity index is 765. The second-order valence-corrected chi connectivity index (χ2v) is 6.96. The average molecular weight is 387 g/mol. The van der Waals surface area contributed by atoms with E-state index in [0.717, 1.165) is 35.2 Å². The van der Waals surface area contributed by atoms with Crippen LogP contribution in [0, 0.1) is 0 Å². The first-order valence-corrected chi connectivity index (χ1v) is 9.73. The molecule has 0 atom stereocenters. The zero-order chi connectivity index (χ0) is 19.8. The first kappa shape index (κ1) is 21.0. The average Bonchev–Trinajstić information content (AvgIpc) is 2.66. The smallest absolute Gasteiger partial charge is 0.226 e. The predicted octanol–water partition coefficient (Wildman–Crippen LogP) is 4.84. The summed E-state index contributed by atoms with van der Waals surface area (Å²) in [5.41, 5.74) is 4.17. The summed E-state index contributed by atoms with van der Waals surface area (Å²) in [5.74, 6) is -0.131. The van der Waals surface area contributed by atoms with Crippen molar-refractivity contribution in [3.05, 3.63) is 64.2 Å². The first-order chi connectivity index (χ1) is 12.9. The van der Waals surface area contributed by atoms with Gasteiger partial charge in [0.15, 0.2) is 0 Å². The fourth-order valence-corrected chi connectivity index (χ4v) is 3.13. The number of anilines is 1. The summed E-state index contributed by atoms with van der Waals surface area (Å²) >= 11 is 5.91. The molecule has 2 aromatic carbocycles. The molecule has 1 N–H and O–H groups in total. The van der Waals surface area contributed by atoms with E-state index in [0.29, 0.717) is 18.1 Å². The molecule has 0 aliphatic heterocycles. The van der Waals surface area contributed by atoms with Gasteiger partial charge in [-0.1, -0.05) is 55.8 Å². The van der Waals surface area contributed by atoms with Gasteiger partial charge in [0, 0.05) is 37.1 Å². The van der Waals surface area contributed by atoms with Gasteiger partial charge in [-0.25, -0.2) is 0 Å². The number of amides is 2. The van der Waals surface area contributed by atoms with E-state index in [1.54, 1.807) is 17.0 Å². The highest BCUT2D eigenvalue weighted by molar-refractivity contribution is 6.30. The zero-order valence-electron chi connectivity index (χ0n) is 16.2. The number of hydrogen-bond acceptors (Lipinski definition) is 2. The molecule has 2 aromatic rings. The molecule has 0 aliphatic rings. The molecule has 27 heavy (non-hydrogen) atoms. The lowest BCUT2D eigenvalue weighted by Crippen LogP contribution is -2.31. The van der Waals surface area contributed by atoms with Gasteiger partial charge < -0.3 is 10.2 Å². The highest BCUT2D eigenvalue weighted by atomic mass is 35.5. The van der Waals surface area contributed by atoms with Crippen LogP contribution in [0.4, 0.5) is 5.69 Å². The summed E-state index contributed by atoms with van der Waals surface area (Å²) in [4.78, 5) is 26.1. The van der Waals surface area contributed by atoms with Crippen LogP contribution < -0.4 is 5.32 Å². The third-order valence-electron chi connectivity index (χ3n) is 4.60. The van der Waals surface area contributed by atoms with Crippen LogP contribution >= 0.6 is 11.6 Å². The van der Waals surface area contributed by atoms with Crippen molar-refractivity contribution in [3.8, 4) is 0 Å². The van der Waals surface area contributed by atoms with Gasteiger partial charge in [-0.2, -0.15) is 0 Å². The molecule has 0 heterocycles. The Kier molecular flexibility index (Phi) is 7.86. The molecular formula is C22H27ClN2O2. The second kappa shape index (κ2) is 10.1. The van der Waals surface area contributed by atoms with E-state index in [9.17, 15) is 9.59 Å². The molecule has 0 spiro atoms. The van der Waals surface area contributed by atoms with E-state index < -0.39 is 0 Å². The topological polar surface area (TPSA) is 49.4 Å². The largest absolute Gasteiger partial charge is 0.338 e. The lowest BCUT2D eigenvalue weighted by molar-refractivity contribution is -0.129. The van der Waals surface area contributed by atoms with Crippen molar-refractivity contribution < 1.29 is 9.59 Å². The maximum absolute atomic E-state index is 12.5. The minimum Gasteiger partial charge on any atom is -0.338 e. The second-order valence-electron chi connectivity index (χ2n) is 6.52. The summed E-state index contributed by atoms with van der Waals surface area (Å²) in [6.07, 6.45) is 1.98. The number of nitrogens with zero attached hydrogens (tertiary/aromatic N) is 1. The normalized spacial score (nSPS) is 10.5. The van der Waals surface area contributed by atoms with Crippen molar-refractivity contribution in [3.63, 3.8) is 0 Å². The van der Waals surface area contributed by atoms with E-state index >= 15 is 0 Å². The standard InChI is InChI=1S/C22H27ClN2O2/c1-4-18-7-6-8-19(5-2)22(18)24-21(27)13-14-25(16(3)26)15-17-9-11-20(23)12-10-17/h6-12H,4-5,13-15H2,1-3H3,(H,24,27). The van der Waals surface area contributed by atoms with Gasteiger partial charge in [0.2, 0.25) is 11.8 Å². The van der Waals surface area contributed by atoms with Gasteiger partial charge in [-0.05, 0) is 41.7 Å². The number of aryl methyl sites for hydroxylation is 2. The molecular weight excluding hydrogens is 360 g/mol. The quantitative estimate of drug-likeness (QED) is 0.705. The molecule has 0 radical (unpaired) electrons. The van der Waals surface area contributed by atoms with Gasteiger partial charge in [0.05, 0.1) is 0 Å². The van der Waals surface area contributed by atoms with Crippen LogP contribution in [-0.4, -0.2) is 23.3 Å². The minimum absolute atomic E-state index is 0.0547. The van der Waals surface area contributed by atoms with E-state index in [-0.39, 0.29) is 18.2 Å². The maximum atomic E-state index is 12.5. The van der Waals surface area contributed by atoms with E-state index in [2.05, 4.69) is 19.2 Å². The fourth-order valence-electron chi connectivity index (χ4n) is 3.00. The number of rotatable bonds is 8. The Morgan fingerprint density at radius 3 is 2.11 bits per heavy atom. The molecule has 0 bridgehead atoms. The summed E-state index contributed by atoms with van der Waals surface area (Å²) in [6, 6.07) is 13.5. The van der Waals surface area contributed by atoms with E-state index in [1.165, 1.54) is 6.92 Å². The molecule has 0 saturated heterocycles. The fraction of sp³-hybridized carbons (Fsp3) is 0.364. The van der Waals surface area contributed by atoms with Crippen LogP contribution in [0.5, 0.6) is 0 Å². The molecule has 4 nitrogen and oxygen atoms in total. The summed E-state index contributed by atoms with van der Waals surface area (Å²) in [7, 11) is 0. The Hall–Kier alpha value is -2.33. The van der Waals surface area contributed by atoms with Gasteiger partial charge in [-0.15, -0.1) is 0 Å². The lowest BCUT2D eigenvalue weighted by atomic mass is 10.0. The van der Waals surface area contributed by atoms with Gasteiger partial charge in [0.1, 0.15) is 0 Å². The van der Waals surface area contributed by atoms with Crippen molar-refractivity contribution in [1.29, 1.82) is 0 Å². The van der Waals surface area contributed by atoms with Crippen LogP contribution in [-0.2, 0) is 29.0 Å². The third kappa shape index (κ3) is 6.10. The first-order valence-electron chi connectivity index (χ1n) is 9.35. The Morgan fingerprint density at radius 2 is 1.59 bits per heavy atom. The number of carbonyl (C=O) groups excluding carboxylic acids is 2. The van der Waals surface area contributed by atoms with Crippen molar-refractivity contribution in [2.45, 2.75) is 46.6 Å². The van der Waals surface area contributed by atoms with Crippen molar-refractivity contribution in [2.75, 3.05) is 11.9 Å². The van der Waals surface area contributed by atoms with Gasteiger partial charge >= 0.3 is 0 Å². The van der Waals surface area contributed by atoms with Crippen LogP contribution in [0.15, 0.2) is 42.5 Å². The molecule has 144 valence electrons. The third-order valence-corrected chi connectivity index (χ3v) is 4.86. The molecule has 0 aromatic heterocycles. The van der Waals surface area contributed by atoms with Crippen LogP contribution in [0.1, 0.15) is 43.9 Å². The van der Waals surface area contributed by atoms with Crippen LogP contribution in [0.2, 0.25) is 5.02 Å². The number of hydrogen-bond donors (Lipinski definition) is 1. The van der Waals surface area contributed by atoms with Gasteiger partial charge in [0.25, 0.3) is 0 Å². The molecule has 2 rings (SSSR count).